The molecule has 1 radical (unpaired) electrons. The Morgan fingerprint density at radius 1 is 0.968 bits per heavy atom. The molecule has 0 aliphatic rings. The summed E-state index contributed by atoms with van der Waals surface area (Å²) in [5.41, 5.74) is 1.34. The minimum absolute atomic E-state index is 0.0687. The average molecular weight is 451 g/mol. The van der Waals surface area contributed by atoms with Gasteiger partial charge < -0.3 is 5.11 Å². The van der Waals surface area contributed by atoms with Crippen molar-refractivity contribution in [1.82, 2.24) is 4.98 Å². The average Bonchev–Trinajstić information content (AvgIpc) is 3.22. The summed E-state index contributed by atoms with van der Waals surface area (Å²) in [5, 5.41) is 12.3. The summed E-state index contributed by atoms with van der Waals surface area (Å²) in [5.74, 6) is -0.0687. The molecule has 1 N–H and O–H groups in total. The number of para-hydroxylation sites is 1. The van der Waals surface area contributed by atoms with Crippen molar-refractivity contribution in [3.05, 3.63) is 101 Å². The van der Waals surface area contributed by atoms with Crippen molar-refractivity contribution in [1.29, 1.82) is 0 Å². The second kappa shape index (κ2) is 8.91. The van der Waals surface area contributed by atoms with Gasteiger partial charge in [-0.05, 0) is 56.0 Å². The Bertz CT molecular complexity index is 1230. The molecular formula is C25H24NO3S2. The number of hydrogen-bond acceptors (Lipinski definition) is 5. The molecule has 1 unspecified atom stereocenters. The molecule has 0 aliphatic heterocycles. The molecule has 3 aromatic carbocycles. The van der Waals surface area contributed by atoms with Crippen molar-refractivity contribution in [2.75, 3.05) is 5.75 Å². The lowest BCUT2D eigenvalue weighted by Gasteiger charge is -2.26. The number of hydrogen-bond donors (Lipinski definition) is 1. The Hall–Kier alpha value is -2.54. The van der Waals surface area contributed by atoms with Gasteiger partial charge in [-0.1, -0.05) is 60.2 Å². The largest absolute Gasteiger partial charge is 0.378 e. The molecule has 6 heteroatoms. The molecule has 1 atom stereocenters. The number of rotatable bonds is 8. The normalized spacial score (nSPS) is 13.9. The van der Waals surface area contributed by atoms with E-state index in [-0.39, 0.29) is 5.75 Å². The smallest absolute Gasteiger partial charge is 0.178 e. The fourth-order valence-corrected chi connectivity index (χ4v) is 5.86. The molecule has 0 amide bonds. The van der Waals surface area contributed by atoms with E-state index in [1.54, 1.807) is 30.7 Å². The van der Waals surface area contributed by atoms with Crippen LogP contribution in [0.25, 0.3) is 10.2 Å². The van der Waals surface area contributed by atoms with E-state index in [9.17, 15) is 13.5 Å². The van der Waals surface area contributed by atoms with Crippen LogP contribution in [0.3, 0.4) is 0 Å². The monoisotopic (exact) mass is 450 g/mol. The maximum Gasteiger partial charge on any atom is 0.178 e. The van der Waals surface area contributed by atoms with Gasteiger partial charge in [-0.25, -0.2) is 13.4 Å². The highest BCUT2D eigenvalue weighted by molar-refractivity contribution is 7.91. The summed E-state index contributed by atoms with van der Waals surface area (Å²) in [6.45, 7) is 1.93. The number of nitrogens with zero attached hydrogens (tertiary/aromatic N) is 1. The number of benzene rings is 3. The molecule has 0 aliphatic carbocycles. The van der Waals surface area contributed by atoms with Gasteiger partial charge in [0.05, 0.1) is 20.9 Å². The predicted octanol–water partition coefficient (Wildman–Crippen LogP) is 5.30. The van der Waals surface area contributed by atoms with Gasteiger partial charge in [0.2, 0.25) is 0 Å². The van der Waals surface area contributed by atoms with Crippen molar-refractivity contribution in [2.45, 2.75) is 30.3 Å². The summed E-state index contributed by atoms with van der Waals surface area (Å²) in [4.78, 5) is 5.00. The molecule has 1 aromatic heterocycles. The summed E-state index contributed by atoms with van der Waals surface area (Å²) in [7, 11) is -3.39. The van der Waals surface area contributed by atoms with E-state index in [2.05, 4.69) is 4.98 Å². The number of unbranched alkanes of at least 4 members (excludes halogenated alkanes) is 1. The molecular weight excluding hydrogens is 426 g/mol. The zero-order valence-corrected chi connectivity index (χ0v) is 18.9. The molecule has 31 heavy (non-hydrogen) atoms. The van der Waals surface area contributed by atoms with Crippen LogP contribution in [0.1, 0.15) is 29.0 Å². The highest BCUT2D eigenvalue weighted by Gasteiger charge is 2.34. The van der Waals surface area contributed by atoms with Crippen LogP contribution in [0, 0.1) is 13.3 Å². The van der Waals surface area contributed by atoms with E-state index in [4.69, 9.17) is 0 Å². The maximum absolute atomic E-state index is 12.6. The van der Waals surface area contributed by atoms with Crippen molar-refractivity contribution in [3.8, 4) is 0 Å². The Kier molecular flexibility index (Phi) is 6.23. The molecule has 4 nitrogen and oxygen atoms in total. The lowest BCUT2D eigenvalue weighted by atomic mass is 9.89. The molecule has 0 fully saturated rings. The SMILES string of the molecule is Cc1ccc(S(=O)(=O)C[CH]CCC(O)(c2ccccc2)c2nc3ccccc3s2)cc1. The standard InChI is InChI=1S/C25H24NO3S2/c1-19-13-15-21(16-14-19)31(28,29)18-8-7-17-25(27,20-9-3-2-4-10-20)24-26-22-11-5-6-12-23(22)30-24/h2-6,8-16,27H,7,17-18H2,1H3. The van der Waals surface area contributed by atoms with Crippen molar-refractivity contribution < 1.29 is 13.5 Å². The van der Waals surface area contributed by atoms with Crippen LogP contribution in [0.15, 0.2) is 83.8 Å². The molecule has 4 rings (SSSR count). The first-order valence-corrected chi connectivity index (χ1v) is 12.6. The molecule has 0 saturated heterocycles. The Labute approximate surface area is 187 Å². The maximum atomic E-state index is 12.6. The van der Waals surface area contributed by atoms with Crippen molar-refractivity contribution in [3.63, 3.8) is 0 Å². The summed E-state index contributed by atoms with van der Waals surface area (Å²) in [6, 6.07) is 24.1. The molecule has 0 bridgehead atoms. The molecule has 0 spiro atoms. The second-order valence-electron chi connectivity index (χ2n) is 7.63. The summed E-state index contributed by atoms with van der Waals surface area (Å²) in [6.07, 6.45) is 2.52. The minimum Gasteiger partial charge on any atom is -0.378 e. The molecule has 159 valence electrons. The van der Waals surface area contributed by atoms with Crippen LogP contribution < -0.4 is 0 Å². The van der Waals surface area contributed by atoms with E-state index < -0.39 is 15.4 Å². The highest BCUT2D eigenvalue weighted by Crippen LogP contribution is 2.38. The van der Waals surface area contributed by atoms with Crippen LogP contribution in [0.5, 0.6) is 0 Å². The Morgan fingerprint density at radius 3 is 2.35 bits per heavy atom. The third kappa shape index (κ3) is 4.71. The van der Waals surface area contributed by atoms with Gasteiger partial charge in [0.1, 0.15) is 10.6 Å². The van der Waals surface area contributed by atoms with Gasteiger partial charge in [0.25, 0.3) is 0 Å². The van der Waals surface area contributed by atoms with Crippen LogP contribution in [0.2, 0.25) is 0 Å². The zero-order valence-electron chi connectivity index (χ0n) is 17.2. The van der Waals surface area contributed by atoms with E-state index in [1.165, 1.54) is 11.3 Å². The fourth-order valence-electron chi connectivity index (χ4n) is 3.53. The lowest BCUT2D eigenvalue weighted by molar-refractivity contribution is 0.0710. The van der Waals surface area contributed by atoms with E-state index in [0.29, 0.717) is 22.7 Å². The van der Waals surface area contributed by atoms with Gasteiger partial charge in [-0.3, -0.25) is 0 Å². The van der Waals surface area contributed by atoms with Gasteiger partial charge >= 0.3 is 0 Å². The van der Waals surface area contributed by atoms with Gasteiger partial charge in [0.15, 0.2) is 9.84 Å². The number of aryl methyl sites for hydroxylation is 1. The minimum atomic E-state index is -3.39. The van der Waals surface area contributed by atoms with Gasteiger partial charge in [0, 0.05) is 0 Å². The number of thiazole rings is 1. The predicted molar refractivity (Wildman–Crippen MR) is 126 cm³/mol. The van der Waals surface area contributed by atoms with Crippen LogP contribution in [-0.4, -0.2) is 24.3 Å². The van der Waals surface area contributed by atoms with Crippen LogP contribution >= 0.6 is 11.3 Å². The summed E-state index contributed by atoms with van der Waals surface area (Å²) >= 11 is 1.47. The Balaban J connectivity index is 1.53. The van der Waals surface area contributed by atoms with Crippen LogP contribution in [0.4, 0.5) is 0 Å². The Morgan fingerprint density at radius 2 is 1.65 bits per heavy atom. The first-order chi connectivity index (χ1) is 14.9. The lowest BCUT2D eigenvalue weighted by Crippen LogP contribution is -2.27. The number of sulfone groups is 1. The fraction of sp³-hybridized carbons (Fsp3) is 0.200. The van der Waals surface area contributed by atoms with E-state index >= 15 is 0 Å². The van der Waals surface area contributed by atoms with Gasteiger partial charge in [-0.15, -0.1) is 11.3 Å². The second-order valence-corrected chi connectivity index (χ2v) is 10.7. The molecule has 0 saturated carbocycles. The third-order valence-corrected chi connectivity index (χ3v) is 8.18. The first kappa shape index (κ1) is 21.7. The topological polar surface area (TPSA) is 67.3 Å². The quantitative estimate of drug-likeness (QED) is 0.370. The number of fused-ring (bicyclic) bond motifs is 1. The molecule has 4 aromatic rings. The van der Waals surface area contributed by atoms with Crippen molar-refractivity contribution >= 4 is 31.4 Å². The van der Waals surface area contributed by atoms with Gasteiger partial charge in [-0.2, -0.15) is 0 Å². The number of aliphatic hydroxyl groups is 1. The molecule has 1 heterocycles. The first-order valence-electron chi connectivity index (χ1n) is 10.1. The van der Waals surface area contributed by atoms with E-state index in [0.717, 1.165) is 21.3 Å². The van der Waals surface area contributed by atoms with Crippen LogP contribution in [-0.2, 0) is 15.4 Å². The highest BCUT2D eigenvalue weighted by atomic mass is 32.2. The zero-order chi connectivity index (χ0) is 21.9. The van der Waals surface area contributed by atoms with Crippen molar-refractivity contribution in [2.24, 2.45) is 0 Å². The van der Waals surface area contributed by atoms with E-state index in [1.807, 2.05) is 61.5 Å². The number of aromatic nitrogens is 1. The third-order valence-electron chi connectivity index (χ3n) is 5.33. The summed E-state index contributed by atoms with van der Waals surface area (Å²) < 4.78 is 26.3.